The maximum Gasteiger partial charge on any atom is 0.222 e. The lowest BCUT2D eigenvalue weighted by molar-refractivity contribution is -0.134. The average molecular weight is 382 g/mol. The zero-order valence-corrected chi connectivity index (χ0v) is 17.1. The lowest BCUT2D eigenvalue weighted by Crippen LogP contribution is -2.49. The molecule has 6 nitrogen and oxygen atoms in total. The van der Waals surface area contributed by atoms with Crippen LogP contribution < -0.4 is 4.90 Å². The van der Waals surface area contributed by atoms with E-state index in [4.69, 9.17) is 0 Å². The van der Waals surface area contributed by atoms with Crippen molar-refractivity contribution in [1.29, 1.82) is 0 Å². The van der Waals surface area contributed by atoms with Crippen LogP contribution >= 0.6 is 0 Å². The van der Waals surface area contributed by atoms with E-state index in [0.717, 1.165) is 75.4 Å². The smallest absolute Gasteiger partial charge is 0.222 e. The molecule has 0 atom stereocenters. The molecular formula is C22H31N5O. The second kappa shape index (κ2) is 8.43. The lowest BCUT2D eigenvalue weighted by Gasteiger charge is -2.36. The lowest BCUT2D eigenvalue weighted by atomic mass is 9.92. The molecule has 6 heteroatoms. The minimum absolute atomic E-state index is 0.345. The predicted molar refractivity (Wildman–Crippen MR) is 113 cm³/mol. The van der Waals surface area contributed by atoms with Crippen molar-refractivity contribution in [2.75, 3.05) is 50.7 Å². The topological polar surface area (TPSA) is 52.6 Å². The number of piperidine rings is 1. The van der Waals surface area contributed by atoms with Crippen LogP contribution in [0.5, 0.6) is 0 Å². The second-order valence-electron chi connectivity index (χ2n) is 8.17. The molecule has 0 radical (unpaired) electrons. The van der Waals surface area contributed by atoms with Gasteiger partial charge in [0.05, 0.1) is 5.52 Å². The van der Waals surface area contributed by atoms with Gasteiger partial charge in [0.25, 0.3) is 0 Å². The third kappa shape index (κ3) is 4.12. The highest BCUT2D eigenvalue weighted by atomic mass is 16.2. The van der Waals surface area contributed by atoms with Gasteiger partial charge in [-0.1, -0.05) is 18.6 Å². The Morgan fingerprint density at radius 1 is 1.07 bits per heavy atom. The van der Waals surface area contributed by atoms with E-state index in [-0.39, 0.29) is 0 Å². The Morgan fingerprint density at radius 3 is 2.54 bits per heavy atom. The summed E-state index contributed by atoms with van der Waals surface area (Å²) < 4.78 is 0. The molecule has 0 N–H and O–H groups in total. The highest BCUT2D eigenvalue weighted by molar-refractivity contribution is 5.89. The summed E-state index contributed by atoms with van der Waals surface area (Å²) in [5.41, 5.74) is 2.23. The number of likely N-dealkylation sites (N-methyl/N-ethyl adjacent to an activating group) is 1. The molecule has 0 unspecified atom stereocenters. The molecule has 0 bridgehead atoms. The van der Waals surface area contributed by atoms with Crippen LogP contribution in [-0.4, -0.2) is 71.5 Å². The Morgan fingerprint density at radius 2 is 1.82 bits per heavy atom. The maximum atomic E-state index is 12.7. The first kappa shape index (κ1) is 19.1. The van der Waals surface area contributed by atoms with Gasteiger partial charge in [-0.05, 0) is 44.4 Å². The third-order valence-corrected chi connectivity index (χ3v) is 6.32. The van der Waals surface area contributed by atoms with Crippen molar-refractivity contribution in [3.05, 3.63) is 30.1 Å². The van der Waals surface area contributed by atoms with Gasteiger partial charge in [-0.3, -0.25) is 4.79 Å². The Bertz CT molecular complexity index is 823. The number of nitrogens with zero attached hydrogens (tertiary/aromatic N) is 5. The molecule has 4 rings (SSSR count). The van der Waals surface area contributed by atoms with Gasteiger partial charge in [0.1, 0.15) is 12.1 Å². The summed E-state index contributed by atoms with van der Waals surface area (Å²) >= 11 is 0. The number of carbonyl (C=O) groups excluding carboxylic acids is 1. The van der Waals surface area contributed by atoms with E-state index in [1.807, 2.05) is 0 Å². The molecular weight excluding hydrogens is 350 g/mol. The summed E-state index contributed by atoms with van der Waals surface area (Å²) in [6, 6.07) is 6.34. The van der Waals surface area contributed by atoms with Crippen LogP contribution in [0.15, 0.2) is 24.5 Å². The van der Waals surface area contributed by atoms with Gasteiger partial charge in [-0.2, -0.15) is 0 Å². The normalized spacial score (nSPS) is 19.4. The van der Waals surface area contributed by atoms with Crippen molar-refractivity contribution in [3.8, 4) is 0 Å². The number of fused-ring (bicyclic) bond motifs is 1. The van der Waals surface area contributed by atoms with Crippen molar-refractivity contribution < 1.29 is 4.79 Å². The van der Waals surface area contributed by atoms with Gasteiger partial charge < -0.3 is 14.7 Å². The standard InChI is InChI=1S/C22H31N5O/c1-3-25-10-12-26(13-11-25)21(28)15-18-6-8-27(9-7-18)22-19-14-17(2)4-5-20(19)23-16-24-22/h4-5,14,16,18H,3,6-13,15H2,1-2H3. The van der Waals surface area contributed by atoms with Crippen molar-refractivity contribution in [2.24, 2.45) is 5.92 Å². The third-order valence-electron chi connectivity index (χ3n) is 6.32. The highest BCUT2D eigenvalue weighted by Crippen LogP contribution is 2.29. The molecule has 2 fully saturated rings. The molecule has 150 valence electrons. The average Bonchev–Trinajstić information content (AvgIpc) is 2.74. The monoisotopic (exact) mass is 381 g/mol. The zero-order chi connectivity index (χ0) is 19.5. The Hall–Kier alpha value is -2.21. The van der Waals surface area contributed by atoms with Crippen molar-refractivity contribution in [2.45, 2.75) is 33.1 Å². The Kier molecular flexibility index (Phi) is 5.76. The molecule has 2 aliphatic rings. The molecule has 0 aliphatic carbocycles. The first-order chi connectivity index (χ1) is 13.6. The number of aromatic nitrogens is 2. The molecule has 1 aromatic carbocycles. The summed E-state index contributed by atoms with van der Waals surface area (Å²) in [5.74, 6) is 1.87. The molecule has 2 aliphatic heterocycles. The van der Waals surface area contributed by atoms with Crippen LogP contribution in [0.2, 0.25) is 0 Å². The van der Waals surface area contributed by atoms with Crippen LogP contribution in [0.4, 0.5) is 5.82 Å². The number of aryl methyl sites for hydroxylation is 1. The van der Waals surface area contributed by atoms with Gasteiger partial charge >= 0.3 is 0 Å². The van der Waals surface area contributed by atoms with Crippen LogP contribution in [0.25, 0.3) is 10.9 Å². The van der Waals surface area contributed by atoms with Gasteiger partial charge in [0, 0.05) is 51.1 Å². The van der Waals surface area contributed by atoms with Crippen LogP contribution in [0.3, 0.4) is 0 Å². The maximum absolute atomic E-state index is 12.7. The quantitative estimate of drug-likeness (QED) is 0.815. The molecule has 2 saturated heterocycles. The van der Waals surface area contributed by atoms with Crippen LogP contribution in [0.1, 0.15) is 31.7 Å². The Balaban J connectivity index is 1.34. The van der Waals surface area contributed by atoms with Gasteiger partial charge in [0.15, 0.2) is 0 Å². The van der Waals surface area contributed by atoms with E-state index in [2.05, 4.69) is 56.7 Å². The number of hydrogen-bond donors (Lipinski definition) is 0. The number of anilines is 1. The van der Waals surface area contributed by atoms with Crippen molar-refractivity contribution >= 4 is 22.6 Å². The minimum atomic E-state index is 0.345. The molecule has 2 aromatic rings. The number of hydrogen-bond acceptors (Lipinski definition) is 5. The van der Waals surface area contributed by atoms with Crippen LogP contribution in [-0.2, 0) is 4.79 Å². The van der Waals surface area contributed by atoms with Gasteiger partial charge in [0.2, 0.25) is 5.91 Å². The number of carbonyl (C=O) groups is 1. The number of piperazine rings is 1. The highest BCUT2D eigenvalue weighted by Gasteiger charge is 2.26. The number of rotatable bonds is 4. The van der Waals surface area contributed by atoms with E-state index in [1.165, 1.54) is 5.56 Å². The minimum Gasteiger partial charge on any atom is -0.356 e. The molecule has 28 heavy (non-hydrogen) atoms. The van der Waals surface area contributed by atoms with E-state index in [1.54, 1.807) is 6.33 Å². The first-order valence-corrected chi connectivity index (χ1v) is 10.6. The first-order valence-electron chi connectivity index (χ1n) is 10.6. The summed E-state index contributed by atoms with van der Waals surface area (Å²) in [4.78, 5) is 28.5. The summed E-state index contributed by atoms with van der Waals surface area (Å²) in [6.45, 7) is 11.1. The van der Waals surface area contributed by atoms with Crippen LogP contribution in [0, 0.1) is 12.8 Å². The van der Waals surface area contributed by atoms with Crippen molar-refractivity contribution in [1.82, 2.24) is 19.8 Å². The number of amides is 1. The van der Waals surface area contributed by atoms with E-state index in [0.29, 0.717) is 18.2 Å². The molecule has 1 amide bonds. The SMILES string of the molecule is CCN1CCN(C(=O)CC2CCN(c3ncnc4ccc(C)cc34)CC2)CC1. The fraction of sp³-hybridized carbons (Fsp3) is 0.591. The summed E-state index contributed by atoms with van der Waals surface area (Å²) in [7, 11) is 0. The predicted octanol–water partition coefficient (Wildman–Crippen LogP) is 2.71. The van der Waals surface area contributed by atoms with Crippen molar-refractivity contribution in [3.63, 3.8) is 0 Å². The van der Waals surface area contributed by atoms with E-state index < -0.39 is 0 Å². The zero-order valence-electron chi connectivity index (χ0n) is 17.1. The Labute approximate surface area is 167 Å². The fourth-order valence-corrected chi connectivity index (χ4v) is 4.45. The molecule has 0 spiro atoms. The largest absolute Gasteiger partial charge is 0.356 e. The van der Waals surface area contributed by atoms with E-state index in [9.17, 15) is 4.79 Å². The molecule has 0 saturated carbocycles. The molecule has 3 heterocycles. The fourth-order valence-electron chi connectivity index (χ4n) is 4.45. The molecule has 1 aromatic heterocycles. The van der Waals surface area contributed by atoms with E-state index >= 15 is 0 Å². The van der Waals surface area contributed by atoms with Gasteiger partial charge in [-0.25, -0.2) is 9.97 Å². The second-order valence-corrected chi connectivity index (χ2v) is 8.17. The summed E-state index contributed by atoms with van der Waals surface area (Å²) in [5, 5.41) is 1.13. The number of benzene rings is 1. The summed E-state index contributed by atoms with van der Waals surface area (Å²) in [6.07, 6.45) is 4.47. The van der Waals surface area contributed by atoms with Gasteiger partial charge in [-0.15, -0.1) is 0 Å².